The first-order chi connectivity index (χ1) is 6.25. The number of nitrogens with zero attached hydrogens (tertiary/aromatic N) is 3. The summed E-state index contributed by atoms with van der Waals surface area (Å²) in [6.45, 7) is 1.69. The molecule has 70 valence electrons. The van der Waals surface area contributed by atoms with Gasteiger partial charge in [0.05, 0.1) is 12.4 Å². The molecule has 0 aliphatic carbocycles. The molecule has 1 atom stereocenters. The highest BCUT2D eigenvalue weighted by Crippen LogP contribution is 2.15. The van der Waals surface area contributed by atoms with Crippen LogP contribution in [0.1, 0.15) is 6.42 Å². The average Bonchev–Trinajstić information content (AvgIpc) is 2.53. The van der Waals surface area contributed by atoms with Crippen LogP contribution in [0.15, 0.2) is 12.4 Å². The van der Waals surface area contributed by atoms with Crippen molar-refractivity contribution >= 4 is 5.95 Å². The van der Waals surface area contributed by atoms with Gasteiger partial charge in [-0.15, -0.1) is 0 Å². The SMILES string of the molecule is NC1CCN(c2ncc(O)cn2)C1. The van der Waals surface area contributed by atoms with Crippen LogP contribution in [0.3, 0.4) is 0 Å². The summed E-state index contributed by atoms with van der Waals surface area (Å²) < 4.78 is 0. The topological polar surface area (TPSA) is 75.3 Å². The third-order valence-electron chi connectivity index (χ3n) is 2.13. The predicted molar refractivity (Wildman–Crippen MR) is 48.5 cm³/mol. The second-order valence-corrected chi connectivity index (χ2v) is 3.24. The van der Waals surface area contributed by atoms with Crippen LogP contribution in [0.5, 0.6) is 5.75 Å². The van der Waals surface area contributed by atoms with Crippen molar-refractivity contribution in [1.29, 1.82) is 0 Å². The Labute approximate surface area is 76.2 Å². The number of anilines is 1. The van der Waals surface area contributed by atoms with Crippen molar-refractivity contribution in [1.82, 2.24) is 9.97 Å². The Kier molecular flexibility index (Phi) is 2.02. The molecule has 1 aliphatic rings. The molecule has 0 spiro atoms. The second kappa shape index (κ2) is 3.18. The number of aromatic hydroxyl groups is 1. The zero-order valence-electron chi connectivity index (χ0n) is 7.22. The minimum Gasteiger partial charge on any atom is -0.505 e. The van der Waals surface area contributed by atoms with Gasteiger partial charge in [-0.05, 0) is 6.42 Å². The fraction of sp³-hybridized carbons (Fsp3) is 0.500. The molecule has 3 N–H and O–H groups in total. The monoisotopic (exact) mass is 180 g/mol. The van der Waals surface area contributed by atoms with E-state index in [1.54, 1.807) is 0 Å². The lowest BCUT2D eigenvalue weighted by molar-refractivity contribution is 0.469. The van der Waals surface area contributed by atoms with E-state index in [-0.39, 0.29) is 11.8 Å². The van der Waals surface area contributed by atoms with E-state index in [0.717, 1.165) is 19.5 Å². The third kappa shape index (κ3) is 1.70. The molecule has 0 aromatic carbocycles. The van der Waals surface area contributed by atoms with Crippen LogP contribution in [0.2, 0.25) is 0 Å². The van der Waals surface area contributed by atoms with Gasteiger partial charge in [0.1, 0.15) is 0 Å². The van der Waals surface area contributed by atoms with Crippen molar-refractivity contribution in [3.63, 3.8) is 0 Å². The Morgan fingerprint density at radius 1 is 1.46 bits per heavy atom. The highest BCUT2D eigenvalue weighted by molar-refractivity contribution is 5.32. The highest BCUT2D eigenvalue weighted by Gasteiger charge is 2.20. The molecule has 5 nitrogen and oxygen atoms in total. The van der Waals surface area contributed by atoms with Crippen LogP contribution in [0.25, 0.3) is 0 Å². The zero-order valence-corrected chi connectivity index (χ0v) is 7.22. The molecule has 1 aromatic rings. The van der Waals surface area contributed by atoms with Crippen molar-refractivity contribution < 1.29 is 5.11 Å². The normalized spacial score (nSPS) is 22.2. The molecule has 0 saturated carbocycles. The van der Waals surface area contributed by atoms with Gasteiger partial charge in [-0.25, -0.2) is 9.97 Å². The Bertz CT molecular complexity index is 287. The van der Waals surface area contributed by atoms with Gasteiger partial charge in [0, 0.05) is 19.1 Å². The summed E-state index contributed by atoms with van der Waals surface area (Å²) in [7, 11) is 0. The van der Waals surface area contributed by atoms with Gasteiger partial charge in [-0.3, -0.25) is 0 Å². The molecule has 1 aliphatic heterocycles. The van der Waals surface area contributed by atoms with E-state index in [1.807, 2.05) is 4.90 Å². The molecule has 1 saturated heterocycles. The van der Waals surface area contributed by atoms with E-state index in [2.05, 4.69) is 9.97 Å². The Balaban J connectivity index is 2.13. The minimum absolute atomic E-state index is 0.0900. The van der Waals surface area contributed by atoms with Crippen LogP contribution in [-0.2, 0) is 0 Å². The molecule has 0 bridgehead atoms. The van der Waals surface area contributed by atoms with Crippen molar-refractivity contribution in [2.45, 2.75) is 12.5 Å². The predicted octanol–water partition coefficient (Wildman–Crippen LogP) is -0.280. The molecule has 5 heteroatoms. The summed E-state index contributed by atoms with van der Waals surface area (Å²) in [6, 6.07) is 0.220. The minimum atomic E-state index is 0.0900. The Morgan fingerprint density at radius 2 is 2.15 bits per heavy atom. The molecule has 0 radical (unpaired) electrons. The van der Waals surface area contributed by atoms with Gasteiger partial charge in [-0.2, -0.15) is 0 Å². The van der Waals surface area contributed by atoms with E-state index in [9.17, 15) is 0 Å². The van der Waals surface area contributed by atoms with Gasteiger partial charge in [0.25, 0.3) is 0 Å². The Morgan fingerprint density at radius 3 is 2.69 bits per heavy atom. The van der Waals surface area contributed by atoms with E-state index in [0.29, 0.717) is 5.95 Å². The van der Waals surface area contributed by atoms with Gasteiger partial charge >= 0.3 is 0 Å². The summed E-state index contributed by atoms with van der Waals surface area (Å²) in [5.41, 5.74) is 5.75. The standard InChI is InChI=1S/C8H12N4O/c9-6-1-2-12(5-6)8-10-3-7(13)4-11-8/h3-4,6,13H,1-2,5,9H2. The first-order valence-corrected chi connectivity index (χ1v) is 4.27. The average molecular weight is 180 g/mol. The van der Waals surface area contributed by atoms with Crippen LogP contribution < -0.4 is 10.6 Å². The fourth-order valence-corrected chi connectivity index (χ4v) is 1.45. The van der Waals surface area contributed by atoms with Gasteiger partial charge < -0.3 is 15.7 Å². The zero-order chi connectivity index (χ0) is 9.26. The van der Waals surface area contributed by atoms with Crippen molar-refractivity contribution in [2.24, 2.45) is 5.73 Å². The second-order valence-electron chi connectivity index (χ2n) is 3.24. The van der Waals surface area contributed by atoms with E-state index in [4.69, 9.17) is 10.8 Å². The number of rotatable bonds is 1. The van der Waals surface area contributed by atoms with E-state index < -0.39 is 0 Å². The van der Waals surface area contributed by atoms with Crippen LogP contribution in [-0.4, -0.2) is 34.2 Å². The molecule has 2 rings (SSSR count). The lowest BCUT2D eigenvalue weighted by Gasteiger charge is -2.14. The molecule has 13 heavy (non-hydrogen) atoms. The summed E-state index contributed by atoms with van der Waals surface area (Å²) in [5, 5.41) is 8.98. The maximum Gasteiger partial charge on any atom is 0.225 e. The smallest absolute Gasteiger partial charge is 0.225 e. The number of nitrogens with two attached hydrogens (primary N) is 1. The largest absolute Gasteiger partial charge is 0.505 e. The molecule has 0 amide bonds. The Hall–Kier alpha value is -1.36. The first-order valence-electron chi connectivity index (χ1n) is 4.27. The van der Waals surface area contributed by atoms with Gasteiger partial charge in [0.15, 0.2) is 5.75 Å². The van der Waals surface area contributed by atoms with Crippen LogP contribution in [0.4, 0.5) is 5.95 Å². The van der Waals surface area contributed by atoms with E-state index in [1.165, 1.54) is 12.4 Å². The quantitative estimate of drug-likeness (QED) is 0.621. The summed E-state index contributed by atoms with van der Waals surface area (Å²) >= 11 is 0. The molecular formula is C8H12N4O. The fourth-order valence-electron chi connectivity index (χ4n) is 1.45. The molecule has 1 unspecified atom stereocenters. The molecule has 1 aromatic heterocycles. The number of hydrogen-bond acceptors (Lipinski definition) is 5. The lowest BCUT2D eigenvalue weighted by atomic mass is 10.3. The van der Waals surface area contributed by atoms with Crippen molar-refractivity contribution in [3.8, 4) is 5.75 Å². The highest BCUT2D eigenvalue weighted by atomic mass is 16.3. The van der Waals surface area contributed by atoms with E-state index >= 15 is 0 Å². The number of aromatic nitrogens is 2. The maximum absolute atomic E-state index is 8.98. The van der Waals surface area contributed by atoms with Crippen molar-refractivity contribution in [3.05, 3.63) is 12.4 Å². The summed E-state index contributed by atoms with van der Waals surface area (Å²) in [4.78, 5) is 10.0. The lowest BCUT2D eigenvalue weighted by Crippen LogP contribution is -2.27. The summed E-state index contributed by atoms with van der Waals surface area (Å²) in [6.07, 6.45) is 3.77. The first kappa shape index (κ1) is 8.25. The maximum atomic E-state index is 8.98. The molecule has 2 heterocycles. The number of hydrogen-bond donors (Lipinski definition) is 2. The third-order valence-corrected chi connectivity index (χ3v) is 2.13. The van der Waals surface area contributed by atoms with Crippen molar-refractivity contribution in [2.75, 3.05) is 18.0 Å². The van der Waals surface area contributed by atoms with Crippen LogP contribution in [0, 0.1) is 0 Å². The summed E-state index contributed by atoms with van der Waals surface area (Å²) in [5.74, 6) is 0.734. The molecular weight excluding hydrogens is 168 g/mol. The van der Waals surface area contributed by atoms with Gasteiger partial charge in [-0.1, -0.05) is 0 Å². The van der Waals surface area contributed by atoms with Gasteiger partial charge in [0.2, 0.25) is 5.95 Å². The molecule has 1 fully saturated rings. The van der Waals surface area contributed by atoms with Crippen LogP contribution >= 0.6 is 0 Å².